The molecular weight excluding hydrogens is 397 g/mol. The summed E-state index contributed by atoms with van der Waals surface area (Å²) in [5.74, 6) is -0.269. The maximum atomic E-state index is 12.9. The number of piperidine rings is 1. The van der Waals surface area contributed by atoms with Crippen LogP contribution in [0.4, 0.5) is 4.39 Å². The molecule has 0 aliphatic carbocycles. The predicted molar refractivity (Wildman–Crippen MR) is 120 cm³/mol. The summed E-state index contributed by atoms with van der Waals surface area (Å²) in [7, 11) is 0. The number of ketones is 1. The number of hydrogen-bond acceptors (Lipinski definition) is 4. The lowest BCUT2D eigenvalue weighted by Gasteiger charge is -2.32. The monoisotopic (exact) mass is 427 g/mol. The Morgan fingerprint density at radius 1 is 1.13 bits per heavy atom. The van der Waals surface area contributed by atoms with Gasteiger partial charge in [-0.25, -0.2) is 9.18 Å². The van der Waals surface area contributed by atoms with Crippen molar-refractivity contribution in [3.63, 3.8) is 0 Å². The quantitative estimate of drug-likeness (QED) is 0.587. The van der Waals surface area contributed by atoms with E-state index in [0.29, 0.717) is 12.0 Å². The van der Waals surface area contributed by atoms with Crippen LogP contribution in [0.5, 0.6) is 0 Å². The molecule has 2 heterocycles. The Morgan fingerprint density at radius 2 is 1.77 bits per heavy atom. The second-order valence-electron chi connectivity index (χ2n) is 7.74. The topological polar surface area (TPSA) is 78.3 Å². The number of hydrogen-bond donors (Lipinski definition) is 2. The summed E-state index contributed by atoms with van der Waals surface area (Å²) >= 11 is 0. The number of Topliss-reactive ketones (excluding diaryl/α,β-unsaturated/α-hetero) is 1. The Balaban J connectivity index is 0.000000858. The predicted octanol–water partition coefficient (Wildman–Crippen LogP) is 3.77. The number of aromatic amines is 1. The summed E-state index contributed by atoms with van der Waals surface area (Å²) in [6.07, 6.45) is 3.10. The molecule has 3 aromatic rings. The number of carbonyl (C=O) groups is 1. The fourth-order valence-corrected chi connectivity index (χ4v) is 4.08. The van der Waals surface area contributed by atoms with E-state index in [1.54, 1.807) is 19.1 Å². The minimum absolute atomic E-state index is 0.0375. The van der Waals surface area contributed by atoms with Crippen molar-refractivity contribution in [2.45, 2.75) is 38.6 Å². The number of para-hydroxylation sites is 2. The highest BCUT2D eigenvalue weighted by molar-refractivity contribution is 5.95. The molecule has 0 atom stereocenters. The Hall–Kier alpha value is -2.77. The van der Waals surface area contributed by atoms with E-state index in [9.17, 15) is 14.0 Å². The molecule has 1 aliphatic rings. The number of rotatable bonds is 6. The molecule has 1 aliphatic heterocycles. The molecule has 31 heavy (non-hydrogen) atoms. The minimum Gasteiger partial charge on any atom is -0.397 e. The molecule has 0 amide bonds. The Bertz CT molecular complexity index is 1030. The van der Waals surface area contributed by atoms with Gasteiger partial charge in [-0.05, 0) is 69.1 Å². The van der Waals surface area contributed by atoms with Gasteiger partial charge in [0.25, 0.3) is 0 Å². The number of carbonyl (C=O) groups excluding carboxylic acids is 1. The van der Waals surface area contributed by atoms with E-state index in [-0.39, 0.29) is 29.9 Å². The van der Waals surface area contributed by atoms with E-state index in [2.05, 4.69) is 9.88 Å². The lowest BCUT2D eigenvalue weighted by molar-refractivity contribution is 0.0970. The summed E-state index contributed by atoms with van der Waals surface area (Å²) < 4.78 is 14.8. The highest BCUT2D eigenvalue weighted by Crippen LogP contribution is 2.25. The van der Waals surface area contributed by atoms with Gasteiger partial charge < -0.3 is 15.0 Å². The third kappa shape index (κ3) is 5.89. The minimum atomic E-state index is -0.325. The zero-order chi connectivity index (χ0) is 22.2. The van der Waals surface area contributed by atoms with Gasteiger partial charge in [0.2, 0.25) is 0 Å². The van der Waals surface area contributed by atoms with Gasteiger partial charge in [-0.2, -0.15) is 0 Å². The van der Waals surface area contributed by atoms with Crippen LogP contribution in [0, 0.1) is 5.82 Å². The van der Waals surface area contributed by atoms with Crippen molar-refractivity contribution >= 4 is 16.8 Å². The SMILES string of the molecule is CCO.O=C(CCCN1CCC(n2c(=O)[nH]c3ccccc32)CC1)c1ccc(F)cc1. The molecule has 1 saturated heterocycles. The lowest BCUT2D eigenvalue weighted by Crippen LogP contribution is -2.37. The first-order chi connectivity index (χ1) is 15.0. The normalized spacial score (nSPS) is 14.9. The second-order valence-corrected chi connectivity index (χ2v) is 7.74. The van der Waals surface area contributed by atoms with Crippen molar-refractivity contribution in [2.75, 3.05) is 26.2 Å². The van der Waals surface area contributed by atoms with Crippen molar-refractivity contribution in [3.8, 4) is 0 Å². The number of fused-ring (bicyclic) bond motifs is 1. The van der Waals surface area contributed by atoms with Crippen LogP contribution in [0.25, 0.3) is 11.0 Å². The zero-order valence-electron chi connectivity index (χ0n) is 17.9. The zero-order valence-corrected chi connectivity index (χ0v) is 17.9. The molecule has 0 saturated carbocycles. The molecule has 166 valence electrons. The number of aromatic nitrogens is 2. The Labute approximate surface area is 181 Å². The van der Waals surface area contributed by atoms with Crippen LogP contribution < -0.4 is 5.69 Å². The Morgan fingerprint density at radius 3 is 2.45 bits per heavy atom. The third-order valence-corrected chi connectivity index (χ3v) is 5.59. The van der Waals surface area contributed by atoms with Crippen molar-refractivity contribution in [3.05, 3.63) is 70.4 Å². The molecule has 0 spiro atoms. The molecule has 1 fully saturated rings. The molecule has 0 radical (unpaired) electrons. The van der Waals surface area contributed by atoms with Gasteiger partial charge in [-0.1, -0.05) is 12.1 Å². The van der Waals surface area contributed by atoms with Gasteiger partial charge in [0.05, 0.1) is 11.0 Å². The summed E-state index contributed by atoms with van der Waals surface area (Å²) in [6, 6.07) is 13.7. The number of nitrogens with zero attached hydrogens (tertiary/aromatic N) is 2. The number of imidazole rings is 1. The lowest BCUT2D eigenvalue weighted by atomic mass is 10.0. The molecule has 0 unspecified atom stereocenters. The van der Waals surface area contributed by atoms with Gasteiger partial charge in [-0.3, -0.25) is 9.36 Å². The maximum absolute atomic E-state index is 12.9. The Kier molecular flexibility index (Phi) is 8.14. The largest absolute Gasteiger partial charge is 0.397 e. The van der Waals surface area contributed by atoms with Crippen LogP contribution in [-0.2, 0) is 0 Å². The highest BCUT2D eigenvalue weighted by Gasteiger charge is 2.23. The van der Waals surface area contributed by atoms with Crippen molar-refractivity contribution < 1.29 is 14.3 Å². The second kappa shape index (κ2) is 11.0. The van der Waals surface area contributed by atoms with Crippen LogP contribution in [-0.4, -0.2) is 51.6 Å². The molecule has 1 aromatic heterocycles. The first-order valence-electron chi connectivity index (χ1n) is 10.8. The van der Waals surface area contributed by atoms with Gasteiger partial charge >= 0.3 is 5.69 Å². The first kappa shape index (κ1) is 22.9. The number of benzene rings is 2. The number of aliphatic hydroxyl groups excluding tert-OH is 1. The van der Waals surface area contributed by atoms with Crippen LogP contribution in [0.3, 0.4) is 0 Å². The third-order valence-electron chi connectivity index (χ3n) is 5.59. The van der Waals surface area contributed by atoms with E-state index in [4.69, 9.17) is 5.11 Å². The number of aliphatic hydroxyl groups is 1. The van der Waals surface area contributed by atoms with Crippen molar-refractivity contribution in [2.24, 2.45) is 0 Å². The number of nitrogens with one attached hydrogen (secondary N) is 1. The van der Waals surface area contributed by atoms with Crippen LogP contribution in [0.1, 0.15) is 49.0 Å². The summed E-state index contributed by atoms with van der Waals surface area (Å²) in [6.45, 7) is 4.63. The maximum Gasteiger partial charge on any atom is 0.326 e. The summed E-state index contributed by atoms with van der Waals surface area (Å²) in [5, 5.41) is 7.57. The molecule has 4 rings (SSSR count). The van der Waals surface area contributed by atoms with Crippen molar-refractivity contribution in [1.82, 2.24) is 14.5 Å². The molecule has 2 aromatic carbocycles. The van der Waals surface area contributed by atoms with Gasteiger partial charge in [-0.15, -0.1) is 0 Å². The van der Waals surface area contributed by atoms with Crippen LogP contribution >= 0.6 is 0 Å². The molecule has 2 N–H and O–H groups in total. The molecular formula is C24H30FN3O3. The fraction of sp³-hybridized carbons (Fsp3) is 0.417. The summed E-state index contributed by atoms with van der Waals surface area (Å²) in [4.78, 5) is 29.8. The van der Waals surface area contributed by atoms with E-state index in [1.165, 1.54) is 12.1 Å². The van der Waals surface area contributed by atoms with Crippen molar-refractivity contribution in [1.29, 1.82) is 0 Å². The average Bonchev–Trinajstić information content (AvgIpc) is 3.11. The van der Waals surface area contributed by atoms with Crippen LogP contribution in [0.2, 0.25) is 0 Å². The molecule has 6 nitrogen and oxygen atoms in total. The number of halogens is 1. The van der Waals surface area contributed by atoms with E-state index < -0.39 is 0 Å². The fourth-order valence-electron chi connectivity index (χ4n) is 4.08. The van der Waals surface area contributed by atoms with Gasteiger partial charge in [0.1, 0.15) is 5.82 Å². The number of H-pyrrole nitrogens is 1. The number of likely N-dealkylation sites (tertiary alicyclic amines) is 1. The first-order valence-corrected chi connectivity index (χ1v) is 10.8. The average molecular weight is 428 g/mol. The molecule has 0 bridgehead atoms. The van der Waals surface area contributed by atoms with E-state index >= 15 is 0 Å². The van der Waals surface area contributed by atoms with Gasteiger partial charge in [0, 0.05) is 37.7 Å². The molecule has 7 heteroatoms. The summed E-state index contributed by atoms with van der Waals surface area (Å²) in [5.41, 5.74) is 2.38. The van der Waals surface area contributed by atoms with E-state index in [1.807, 2.05) is 28.8 Å². The highest BCUT2D eigenvalue weighted by atomic mass is 19.1. The standard InChI is InChI=1S/C22H24FN3O2.C2H6O/c23-17-9-7-16(8-10-17)21(27)6-3-13-25-14-11-18(12-15-25)26-20-5-2-1-4-19(20)24-22(26)28;1-2-3/h1-2,4-5,7-10,18H,3,6,11-15H2,(H,24,28);3H,2H2,1H3. The smallest absolute Gasteiger partial charge is 0.326 e. The van der Waals surface area contributed by atoms with Crippen LogP contribution in [0.15, 0.2) is 53.3 Å². The van der Waals surface area contributed by atoms with E-state index in [0.717, 1.165) is 49.9 Å². The van der Waals surface area contributed by atoms with Gasteiger partial charge in [0.15, 0.2) is 5.78 Å².